The minimum atomic E-state index is -0.539. The zero-order valence-corrected chi connectivity index (χ0v) is 12.1. The Bertz CT molecular complexity index is 821. The summed E-state index contributed by atoms with van der Waals surface area (Å²) in [7, 11) is 0. The zero-order valence-electron chi connectivity index (χ0n) is 9.87. The van der Waals surface area contributed by atoms with Crippen LogP contribution in [-0.2, 0) is 0 Å². The van der Waals surface area contributed by atoms with Crippen molar-refractivity contribution in [3.8, 4) is 11.4 Å². The second-order valence-corrected chi connectivity index (χ2v) is 5.22. The highest BCUT2D eigenvalue weighted by atomic mass is 35.5. The number of hydrogen-bond donors (Lipinski definition) is 0. The molecular weight excluding hydrogens is 322 g/mol. The Morgan fingerprint density at radius 3 is 2.45 bits per heavy atom. The predicted octanol–water partition coefficient (Wildman–Crippen LogP) is 5.40. The van der Waals surface area contributed by atoms with E-state index in [1.165, 1.54) is 12.1 Å². The Kier molecular flexibility index (Phi) is 3.50. The molecule has 1 heterocycles. The van der Waals surface area contributed by atoms with Crippen LogP contribution in [0.3, 0.4) is 0 Å². The molecule has 100 valence electrons. The number of hydrogen-bond acceptors (Lipinski definition) is 2. The van der Waals surface area contributed by atoms with E-state index in [1.807, 2.05) is 0 Å². The SMILES string of the molecule is Fc1cccc(-c2nc(Cl)c3cccc(Cl)c3n2)c1Cl. The second kappa shape index (κ2) is 5.17. The van der Waals surface area contributed by atoms with Crippen molar-refractivity contribution < 1.29 is 4.39 Å². The van der Waals surface area contributed by atoms with E-state index in [1.54, 1.807) is 24.3 Å². The molecule has 0 amide bonds. The molecule has 3 rings (SSSR count). The van der Waals surface area contributed by atoms with Crippen LogP contribution in [0.1, 0.15) is 0 Å². The van der Waals surface area contributed by atoms with Gasteiger partial charge in [0, 0.05) is 10.9 Å². The van der Waals surface area contributed by atoms with Crippen molar-refractivity contribution in [3.63, 3.8) is 0 Å². The highest BCUT2D eigenvalue weighted by molar-refractivity contribution is 6.38. The lowest BCUT2D eigenvalue weighted by Gasteiger charge is -2.07. The molecule has 6 heteroatoms. The van der Waals surface area contributed by atoms with Gasteiger partial charge in [0.05, 0.1) is 15.6 Å². The molecule has 0 aliphatic heterocycles. The molecule has 0 aliphatic rings. The van der Waals surface area contributed by atoms with Crippen LogP contribution in [0.4, 0.5) is 4.39 Å². The summed E-state index contributed by atoms with van der Waals surface area (Å²) in [6.07, 6.45) is 0. The van der Waals surface area contributed by atoms with E-state index in [4.69, 9.17) is 34.8 Å². The van der Waals surface area contributed by atoms with Gasteiger partial charge in [-0.15, -0.1) is 0 Å². The van der Waals surface area contributed by atoms with E-state index in [0.717, 1.165) is 0 Å². The number of nitrogens with zero attached hydrogens (tertiary/aromatic N) is 2. The molecule has 0 spiro atoms. The monoisotopic (exact) mass is 326 g/mol. The molecule has 2 aromatic carbocycles. The zero-order chi connectivity index (χ0) is 14.3. The summed E-state index contributed by atoms with van der Waals surface area (Å²) >= 11 is 18.2. The number of aromatic nitrogens is 2. The fourth-order valence-corrected chi connectivity index (χ4v) is 2.54. The summed E-state index contributed by atoms with van der Waals surface area (Å²) in [4.78, 5) is 8.49. The van der Waals surface area contributed by atoms with Gasteiger partial charge >= 0.3 is 0 Å². The molecule has 20 heavy (non-hydrogen) atoms. The standard InChI is InChI=1S/C14H6Cl3FN2/c15-9-5-1-4-8-12(9)19-14(20-13(8)17)7-3-2-6-10(18)11(7)16/h1-6H. The molecule has 0 radical (unpaired) electrons. The van der Waals surface area contributed by atoms with Crippen molar-refractivity contribution in [1.82, 2.24) is 9.97 Å². The van der Waals surface area contributed by atoms with Gasteiger partial charge in [-0.05, 0) is 24.3 Å². The number of fused-ring (bicyclic) bond motifs is 1. The average Bonchev–Trinajstić information content (AvgIpc) is 2.43. The Morgan fingerprint density at radius 2 is 1.65 bits per heavy atom. The quantitative estimate of drug-likeness (QED) is 0.560. The minimum absolute atomic E-state index is 0.0463. The Hall–Kier alpha value is -1.42. The molecule has 3 aromatic rings. The van der Waals surface area contributed by atoms with Gasteiger partial charge in [-0.1, -0.05) is 46.9 Å². The minimum Gasteiger partial charge on any atom is -0.226 e. The fourth-order valence-electron chi connectivity index (χ4n) is 1.88. The normalized spacial score (nSPS) is 11.0. The molecule has 0 fully saturated rings. The van der Waals surface area contributed by atoms with E-state index in [9.17, 15) is 4.39 Å². The molecule has 0 unspecified atom stereocenters. The third-order valence-electron chi connectivity index (χ3n) is 2.82. The van der Waals surface area contributed by atoms with E-state index in [0.29, 0.717) is 21.5 Å². The lowest BCUT2D eigenvalue weighted by molar-refractivity contribution is 0.628. The number of benzene rings is 2. The third-order valence-corrected chi connectivity index (χ3v) is 3.80. The van der Waals surface area contributed by atoms with E-state index >= 15 is 0 Å². The van der Waals surface area contributed by atoms with Crippen LogP contribution in [0, 0.1) is 5.82 Å². The maximum Gasteiger partial charge on any atom is 0.163 e. The number of rotatable bonds is 1. The summed E-state index contributed by atoms with van der Waals surface area (Å²) in [6.45, 7) is 0. The average molecular weight is 328 g/mol. The van der Waals surface area contributed by atoms with E-state index in [2.05, 4.69) is 9.97 Å². The van der Waals surface area contributed by atoms with Crippen molar-refractivity contribution in [2.45, 2.75) is 0 Å². The summed E-state index contributed by atoms with van der Waals surface area (Å²) < 4.78 is 13.5. The molecule has 0 aliphatic carbocycles. The van der Waals surface area contributed by atoms with Crippen LogP contribution in [0.2, 0.25) is 15.2 Å². The van der Waals surface area contributed by atoms with Crippen LogP contribution in [0.5, 0.6) is 0 Å². The first-order valence-corrected chi connectivity index (χ1v) is 6.77. The molecule has 0 bridgehead atoms. The number of halogens is 4. The van der Waals surface area contributed by atoms with Gasteiger partial charge < -0.3 is 0 Å². The first-order chi connectivity index (χ1) is 9.58. The van der Waals surface area contributed by atoms with Gasteiger partial charge in [-0.3, -0.25) is 0 Å². The summed E-state index contributed by atoms with van der Waals surface area (Å²) in [5.74, 6) is -0.303. The van der Waals surface area contributed by atoms with Crippen molar-refractivity contribution in [3.05, 3.63) is 57.4 Å². The van der Waals surface area contributed by atoms with Gasteiger partial charge in [0.25, 0.3) is 0 Å². The molecule has 1 aromatic heterocycles. The smallest absolute Gasteiger partial charge is 0.163 e. The first-order valence-electron chi connectivity index (χ1n) is 5.64. The molecule has 0 N–H and O–H groups in total. The Labute approximate surface area is 129 Å². The van der Waals surface area contributed by atoms with E-state index < -0.39 is 5.82 Å². The van der Waals surface area contributed by atoms with Gasteiger partial charge in [0.2, 0.25) is 0 Å². The summed E-state index contributed by atoms with van der Waals surface area (Å²) in [6, 6.07) is 9.64. The molecule has 2 nitrogen and oxygen atoms in total. The van der Waals surface area contributed by atoms with Gasteiger partial charge in [-0.25, -0.2) is 14.4 Å². The van der Waals surface area contributed by atoms with Gasteiger partial charge in [-0.2, -0.15) is 0 Å². The van der Waals surface area contributed by atoms with Gasteiger partial charge in [0.1, 0.15) is 11.0 Å². The fraction of sp³-hybridized carbons (Fsp3) is 0. The number of para-hydroxylation sites is 1. The van der Waals surface area contributed by atoms with Crippen molar-refractivity contribution >= 4 is 45.7 Å². The Balaban J connectivity index is 2.33. The topological polar surface area (TPSA) is 25.8 Å². The maximum atomic E-state index is 13.5. The van der Waals surface area contributed by atoms with Crippen LogP contribution < -0.4 is 0 Å². The van der Waals surface area contributed by atoms with Crippen molar-refractivity contribution in [1.29, 1.82) is 0 Å². The summed E-state index contributed by atoms with van der Waals surface area (Å²) in [5.41, 5.74) is 0.875. The maximum absolute atomic E-state index is 13.5. The van der Waals surface area contributed by atoms with Crippen LogP contribution in [0.15, 0.2) is 36.4 Å². The highest BCUT2D eigenvalue weighted by Gasteiger charge is 2.14. The first kappa shape index (κ1) is 13.6. The lowest BCUT2D eigenvalue weighted by Crippen LogP contribution is -1.94. The largest absolute Gasteiger partial charge is 0.226 e. The molecular formula is C14H6Cl3FN2. The van der Waals surface area contributed by atoms with Crippen LogP contribution in [0.25, 0.3) is 22.3 Å². The van der Waals surface area contributed by atoms with E-state index in [-0.39, 0.29) is 16.0 Å². The molecule has 0 atom stereocenters. The second-order valence-electron chi connectivity index (χ2n) is 4.08. The van der Waals surface area contributed by atoms with Crippen molar-refractivity contribution in [2.24, 2.45) is 0 Å². The van der Waals surface area contributed by atoms with Crippen LogP contribution >= 0.6 is 34.8 Å². The van der Waals surface area contributed by atoms with Gasteiger partial charge in [0.15, 0.2) is 5.82 Å². The predicted molar refractivity (Wildman–Crippen MR) is 80.0 cm³/mol. The molecule has 0 saturated heterocycles. The lowest BCUT2D eigenvalue weighted by atomic mass is 10.2. The van der Waals surface area contributed by atoms with Crippen LogP contribution in [-0.4, -0.2) is 9.97 Å². The summed E-state index contributed by atoms with van der Waals surface area (Å²) in [5, 5.41) is 1.28. The van der Waals surface area contributed by atoms with Crippen molar-refractivity contribution in [2.75, 3.05) is 0 Å². The Morgan fingerprint density at radius 1 is 0.900 bits per heavy atom. The third kappa shape index (κ3) is 2.22. The molecule has 0 saturated carbocycles. The highest BCUT2D eigenvalue weighted by Crippen LogP contribution is 2.32.